The van der Waals surface area contributed by atoms with Gasteiger partial charge < -0.3 is 0 Å². The Hall–Kier alpha value is 0.170. The highest BCUT2D eigenvalue weighted by Crippen LogP contribution is 2.37. The summed E-state index contributed by atoms with van der Waals surface area (Å²) in [5, 5.41) is 0. The molecule has 0 aromatic rings. The zero-order valence-electron chi connectivity index (χ0n) is 2.87. The van der Waals surface area contributed by atoms with Crippen molar-refractivity contribution in [3.63, 3.8) is 0 Å². The van der Waals surface area contributed by atoms with Crippen molar-refractivity contribution in [1.29, 1.82) is 0 Å². The van der Waals surface area contributed by atoms with Crippen LogP contribution < -0.4 is 0 Å². The van der Waals surface area contributed by atoms with Gasteiger partial charge in [0.1, 0.15) is 0 Å². The standard InChI is InChI=1S/C2H3BrN2S/c3-6-4-1-2-5-6/h1-2,6H. The molecule has 0 bridgehead atoms. The third-order valence-corrected chi connectivity index (χ3v) is 2.14. The van der Waals surface area contributed by atoms with Gasteiger partial charge in [-0.05, 0) is 9.70 Å². The summed E-state index contributed by atoms with van der Waals surface area (Å²) in [6, 6.07) is 0. The second-order valence-corrected chi connectivity index (χ2v) is 3.62. The molecule has 0 fully saturated rings. The summed E-state index contributed by atoms with van der Waals surface area (Å²) in [6.07, 6.45) is 3.39. The molecule has 1 heterocycles. The van der Waals surface area contributed by atoms with E-state index >= 15 is 0 Å². The molecule has 0 aromatic heterocycles. The van der Waals surface area contributed by atoms with Gasteiger partial charge in [0.05, 0.1) is 12.4 Å². The average Bonchev–Trinajstić information content (AvgIpc) is 1.86. The SMILES string of the molecule is Br[SH]1N=CC=N1. The summed E-state index contributed by atoms with van der Waals surface area (Å²) in [6.45, 7) is 0. The maximum Gasteiger partial charge on any atom is 0.0548 e. The zero-order chi connectivity index (χ0) is 4.41. The maximum atomic E-state index is 3.87. The topological polar surface area (TPSA) is 24.7 Å². The van der Waals surface area contributed by atoms with Gasteiger partial charge in [-0.1, -0.05) is 0 Å². The second-order valence-electron chi connectivity index (χ2n) is 0.770. The number of thiol groups is 1. The average molecular weight is 167 g/mol. The Morgan fingerprint density at radius 1 is 1.33 bits per heavy atom. The van der Waals surface area contributed by atoms with Crippen LogP contribution in [0.2, 0.25) is 0 Å². The Kier molecular flexibility index (Phi) is 1.26. The molecule has 1 aliphatic rings. The molecule has 1 rings (SSSR count). The lowest BCUT2D eigenvalue weighted by atomic mass is 10.9. The van der Waals surface area contributed by atoms with Crippen LogP contribution in [0.1, 0.15) is 0 Å². The van der Waals surface area contributed by atoms with E-state index in [2.05, 4.69) is 23.6 Å². The summed E-state index contributed by atoms with van der Waals surface area (Å²) < 4.78 is 7.74. The molecule has 6 heavy (non-hydrogen) atoms. The van der Waals surface area contributed by atoms with Crippen molar-refractivity contribution in [1.82, 2.24) is 0 Å². The van der Waals surface area contributed by atoms with Crippen LogP contribution in [0.5, 0.6) is 0 Å². The number of hydrogen-bond donors (Lipinski definition) is 1. The Labute approximate surface area is 46.2 Å². The molecule has 0 aliphatic carbocycles. The van der Waals surface area contributed by atoms with E-state index in [4.69, 9.17) is 0 Å². The van der Waals surface area contributed by atoms with Crippen molar-refractivity contribution in [2.45, 2.75) is 0 Å². The van der Waals surface area contributed by atoms with Gasteiger partial charge in [0, 0.05) is 14.8 Å². The molecule has 0 spiro atoms. The van der Waals surface area contributed by atoms with Crippen molar-refractivity contribution >= 4 is 36.9 Å². The molecule has 0 N–H and O–H groups in total. The second kappa shape index (κ2) is 1.75. The van der Waals surface area contributed by atoms with E-state index in [9.17, 15) is 0 Å². The van der Waals surface area contributed by atoms with E-state index < -0.39 is 9.70 Å². The predicted molar refractivity (Wildman–Crippen MR) is 34.9 cm³/mol. The van der Waals surface area contributed by atoms with Gasteiger partial charge in [-0.15, -0.1) is 0 Å². The third-order valence-electron chi connectivity index (χ3n) is 0.391. The van der Waals surface area contributed by atoms with E-state index in [1.54, 1.807) is 12.4 Å². The highest BCUT2D eigenvalue weighted by Gasteiger charge is 1.88. The predicted octanol–water partition coefficient (Wildman–Crippen LogP) is 1.28. The molecule has 4 heteroatoms. The Balaban J connectivity index is 2.60. The van der Waals surface area contributed by atoms with E-state index in [1.165, 1.54) is 0 Å². The minimum Gasteiger partial charge on any atom is -0.216 e. The van der Waals surface area contributed by atoms with E-state index in [0.717, 1.165) is 0 Å². The third kappa shape index (κ3) is 0.815. The quantitative estimate of drug-likeness (QED) is 0.525. The maximum absolute atomic E-state index is 3.87. The first kappa shape index (κ1) is 4.33. The molecule has 0 atom stereocenters. The highest BCUT2D eigenvalue weighted by atomic mass is 79.9. The fourth-order valence-electron chi connectivity index (χ4n) is 0.199. The molecule has 0 saturated carbocycles. The fraction of sp³-hybridized carbons (Fsp3) is 0. The highest BCUT2D eigenvalue weighted by molar-refractivity contribution is 9.53. The summed E-state index contributed by atoms with van der Waals surface area (Å²) in [5.41, 5.74) is 0. The largest absolute Gasteiger partial charge is 0.216 e. The lowest BCUT2D eigenvalue weighted by molar-refractivity contribution is 1.94. The lowest BCUT2D eigenvalue weighted by Gasteiger charge is -1.87. The van der Waals surface area contributed by atoms with Gasteiger partial charge in [-0.2, -0.15) is 0 Å². The smallest absolute Gasteiger partial charge is 0.0548 e. The number of hydrogen-bond acceptors (Lipinski definition) is 2. The van der Waals surface area contributed by atoms with Crippen LogP contribution in [0.25, 0.3) is 0 Å². The molecule has 0 amide bonds. The number of nitrogens with zero attached hydrogens (tertiary/aromatic N) is 2. The number of rotatable bonds is 0. The molecule has 34 valence electrons. The Morgan fingerprint density at radius 3 is 2.00 bits per heavy atom. The van der Waals surface area contributed by atoms with Crippen molar-refractivity contribution in [3.05, 3.63) is 0 Å². The van der Waals surface area contributed by atoms with Gasteiger partial charge in [0.25, 0.3) is 0 Å². The summed E-state index contributed by atoms with van der Waals surface area (Å²) >= 11 is 3.21. The summed E-state index contributed by atoms with van der Waals surface area (Å²) in [7, 11) is -0.514. The van der Waals surface area contributed by atoms with Gasteiger partial charge in [-0.3, -0.25) is 0 Å². The molecule has 2 nitrogen and oxygen atoms in total. The monoisotopic (exact) mass is 166 g/mol. The first-order chi connectivity index (χ1) is 2.89. The molecule has 0 aromatic carbocycles. The van der Waals surface area contributed by atoms with Crippen molar-refractivity contribution in [3.8, 4) is 0 Å². The van der Waals surface area contributed by atoms with Crippen LogP contribution in [-0.2, 0) is 0 Å². The lowest BCUT2D eigenvalue weighted by Crippen LogP contribution is -1.56. The normalized spacial score (nSPS) is 23.2. The van der Waals surface area contributed by atoms with Crippen LogP contribution >= 0.6 is 24.5 Å². The summed E-state index contributed by atoms with van der Waals surface area (Å²) in [5.74, 6) is 0. The van der Waals surface area contributed by atoms with E-state index in [1.807, 2.05) is 0 Å². The number of halogens is 1. The van der Waals surface area contributed by atoms with E-state index in [0.29, 0.717) is 0 Å². The van der Waals surface area contributed by atoms with Crippen LogP contribution in [0, 0.1) is 0 Å². The Bertz CT molecular complexity index is 87.7. The molecule has 0 radical (unpaired) electrons. The van der Waals surface area contributed by atoms with Gasteiger partial charge in [0.2, 0.25) is 0 Å². The molecule has 0 unspecified atom stereocenters. The minimum atomic E-state index is -0.514. The fourth-order valence-corrected chi connectivity index (χ4v) is 1.23. The minimum absolute atomic E-state index is 0.514. The van der Waals surface area contributed by atoms with Crippen molar-refractivity contribution in [2.24, 2.45) is 8.80 Å². The van der Waals surface area contributed by atoms with Crippen LogP contribution in [0.15, 0.2) is 8.80 Å². The first-order valence-electron chi connectivity index (χ1n) is 1.42. The van der Waals surface area contributed by atoms with Gasteiger partial charge in [0.15, 0.2) is 0 Å². The zero-order valence-corrected chi connectivity index (χ0v) is 5.35. The molecular formula is C2H3BrN2S. The van der Waals surface area contributed by atoms with Gasteiger partial charge >= 0.3 is 0 Å². The van der Waals surface area contributed by atoms with Crippen LogP contribution in [0.4, 0.5) is 0 Å². The summed E-state index contributed by atoms with van der Waals surface area (Å²) in [4.78, 5) is 0. The van der Waals surface area contributed by atoms with Crippen molar-refractivity contribution in [2.75, 3.05) is 0 Å². The first-order valence-corrected chi connectivity index (χ1v) is 4.68. The Morgan fingerprint density at radius 2 is 1.83 bits per heavy atom. The van der Waals surface area contributed by atoms with E-state index in [-0.39, 0.29) is 0 Å². The van der Waals surface area contributed by atoms with Gasteiger partial charge in [-0.25, -0.2) is 8.80 Å². The van der Waals surface area contributed by atoms with Crippen LogP contribution in [-0.4, -0.2) is 12.4 Å². The van der Waals surface area contributed by atoms with Crippen LogP contribution in [0.3, 0.4) is 0 Å². The molecule has 1 aliphatic heterocycles. The molecule has 0 saturated heterocycles. The molecular weight excluding hydrogens is 164 g/mol. The van der Waals surface area contributed by atoms with Crippen molar-refractivity contribution < 1.29 is 0 Å².